The van der Waals surface area contributed by atoms with Gasteiger partial charge in [0.1, 0.15) is 0 Å². The van der Waals surface area contributed by atoms with Crippen molar-refractivity contribution in [1.29, 1.82) is 0 Å². The Morgan fingerprint density at radius 3 is 1.71 bits per heavy atom. The fourth-order valence-corrected chi connectivity index (χ4v) is 7.44. The van der Waals surface area contributed by atoms with Crippen LogP contribution in [0.2, 0.25) is 0 Å². The molecule has 1 heteroatoms. The minimum atomic E-state index is 0.714. The predicted octanol–water partition coefficient (Wildman–Crippen LogP) is 11.1. The summed E-state index contributed by atoms with van der Waals surface area (Å²) in [6, 6.07) is 50.8. The quantitative estimate of drug-likeness (QED) is 0.227. The molecule has 0 aliphatic heterocycles. The minimum Gasteiger partial charge on any atom is -0.355 e. The molecule has 41 heavy (non-hydrogen) atoms. The Morgan fingerprint density at radius 1 is 0.439 bits per heavy atom. The molecule has 1 unspecified atom stereocenters. The Labute approximate surface area is 242 Å². The maximum absolute atomic E-state index is 3.76. The zero-order chi connectivity index (χ0) is 27.2. The van der Waals surface area contributed by atoms with Crippen LogP contribution >= 0.6 is 0 Å². The largest absolute Gasteiger partial charge is 0.355 e. The molecule has 3 aliphatic carbocycles. The molecule has 0 spiro atoms. The third-order valence-electron chi connectivity index (χ3n) is 9.49. The zero-order valence-corrected chi connectivity index (χ0v) is 23.1. The Balaban J connectivity index is 1.11. The molecule has 0 saturated heterocycles. The van der Waals surface area contributed by atoms with Gasteiger partial charge in [0.25, 0.3) is 0 Å². The van der Waals surface area contributed by atoms with Gasteiger partial charge in [-0.25, -0.2) is 0 Å². The van der Waals surface area contributed by atoms with Gasteiger partial charge in [0.05, 0.1) is 0 Å². The van der Waals surface area contributed by atoms with E-state index >= 15 is 0 Å². The Bertz CT molecular complexity index is 1840. The van der Waals surface area contributed by atoms with Crippen LogP contribution in [-0.4, -0.2) is 0 Å². The van der Waals surface area contributed by atoms with Gasteiger partial charge in [-0.3, -0.25) is 0 Å². The van der Waals surface area contributed by atoms with Crippen molar-refractivity contribution in [3.05, 3.63) is 145 Å². The molecule has 1 N–H and O–H groups in total. The summed E-state index contributed by atoms with van der Waals surface area (Å²) in [7, 11) is 0. The highest BCUT2D eigenvalue weighted by atomic mass is 14.9. The molecular formula is C40H33N. The number of hydrogen-bond acceptors (Lipinski definition) is 1. The van der Waals surface area contributed by atoms with E-state index < -0.39 is 0 Å². The van der Waals surface area contributed by atoms with Crippen LogP contribution in [0.3, 0.4) is 0 Å². The van der Waals surface area contributed by atoms with Gasteiger partial charge in [0.15, 0.2) is 0 Å². The first kappa shape index (κ1) is 24.2. The van der Waals surface area contributed by atoms with Crippen molar-refractivity contribution in [3.63, 3.8) is 0 Å². The summed E-state index contributed by atoms with van der Waals surface area (Å²) in [6.07, 6.45) is 4.21. The summed E-state index contributed by atoms with van der Waals surface area (Å²) in [5.41, 5.74) is 11.5. The topological polar surface area (TPSA) is 12.0 Å². The lowest BCUT2D eigenvalue weighted by atomic mass is 9.79. The molecule has 9 rings (SSSR count). The van der Waals surface area contributed by atoms with Crippen molar-refractivity contribution in [2.75, 3.05) is 5.32 Å². The summed E-state index contributed by atoms with van der Waals surface area (Å²) >= 11 is 0. The van der Waals surface area contributed by atoms with E-state index in [0.29, 0.717) is 5.92 Å². The first-order chi connectivity index (χ1) is 20.3. The van der Waals surface area contributed by atoms with Crippen molar-refractivity contribution in [3.8, 4) is 33.4 Å². The molecule has 0 amide bonds. The van der Waals surface area contributed by atoms with Gasteiger partial charge >= 0.3 is 0 Å². The summed E-state index contributed by atoms with van der Waals surface area (Å²) in [5.74, 6) is 2.55. The fraction of sp³-hybridized carbons (Fsp3) is 0.150. The lowest BCUT2D eigenvalue weighted by Gasteiger charge is -2.26. The summed E-state index contributed by atoms with van der Waals surface area (Å²) in [4.78, 5) is 0. The van der Waals surface area contributed by atoms with E-state index in [1.807, 2.05) is 0 Å². The van der Waals surface area contributed by atoms with Gasteiger partial charge < -0.3 is 5.32 Å². The average Bonchev–Trinajstić information content (AvgIpc) is 3.64. The van der Waals surface area contributed by atoms with E-state index in [9.17, 15) is 0 Å². The lowest BCUT2D eigenvalue weighted by molar-refractivity contribution is 0.294. The fourth-order valence-electron chi connectivity index (χ4n) is 7.44. The van der Waals surface area contributed by atoms with Gasteiger partial charge in [-0.15, -0.1) is 0 Å². The minimum absolute atomic E-state index is 0.714. The van der Waals surface area contributed by atoms with Crippen molar-refractivity contribution in [2.24, 2.45) is 11.8 Å². The third kappa shape index (κ3) is 4.33. The van der Waals surface area contributed by atoms with E-state index in [2.05, 4.69) is 145 Å². The second kappa shape index (κ2) is 10.1. The number of fused-ring (bicyclic) bond motifs is 2. The molecule has 3 fully saturated rings. The van der Waals surface area contributed by atoms with Crippen molar-refractivity contribution < 1.29 is 0 Å². The van der Waals surface area contributed by atoms with E-state index in [1.165, 1.54) is 69.0 Å². The first-order valence-corrected chi connectivity index (χ1v) is 14.9. The second-order valence-electron chi connectivity index (χ2n) is 11.8. The van der Waals surface area contributed by atoms with Gasteiger partial charge in [0.2, 0.25) is 0 Å². The summed E-state index contributed by atoms with van der Waals surface area (Å²) in [5, 5.41) is 6.32. The van der Waals surface area contributed by atoms with Crippen LogP contribution in [-0.2, 0) is 0 Å². The van der Waals surface area contributed by atoms with Gasteiger partial charge in [-0.2, -0.15) is 0 Å². The number of hydrogen-bond donors (Lipinski definition) is 1. The Kier molecular flexibility index (Phi) is 5.96. The zero-order valence-electron chi connectivity index (χ0n) is 23.1. The molecule has 2 bridgehead atoms. The Morgan fingerprint density at radius 2 is 1.02 bits per heavy atom. The first-order valence-electron chi connectivity index (χ1n) is 14.9. The molecule has 3 aliphatic rings. The molecule has 1 atom stereocenters. The average molecular weight is 528 g/mol. The molecule has 6 aromatic carbocycles. The lowest BCUT2D eigenvalue weighted by Crippen LogP contribution is -2.13. The second-order valence-corrected chi connectivity index (χ2v) is 11.8. The molecule has 198 valence electrons. The smallest absolute Gasteiger partial charge is 0.0464 e. The van der Waals surface area contributed by atoms with Gasteiger partial charge in [-0.05, 0) is 99.4 Å². The van der Waals surface area contributed by atoms with Gasteiger partial charge in [0, 0.05) is 16.9 Å². The molecule has 1 nitrogen and oxygen atoms in total. The normalized spacial score (nSPS) is 19.2. The van der Waals surface area contributed by atoms with Crippen LogP contribution in [0.15, 0.2) is 140 Å². The van der Waals surface area contributed by atoms with Crippen LogP contribution in [0, 0.1) is 11.8 Å². The summed E-state index contributed by atoms with van der Waals surface area (Å²) < 4.78 is 0. The predicted molar refractivity (Wildman–Crippen MR) is 174 cm³/mol. The van der Waals surface area contributed by atoms with Crippen LogP contribution in [0.5, 0.6) is 0 Å². The molecule has 3 saturated carbocycles. The van der Waals surface area contributed by atoms with Crippen LogP contribution in [0.4, 0.5) is 11.4 Å². The maximum atomic E-state index is 3.76. The molecular weight excluding hydrogens is 494 g/mol. The van der Waals surface area contributed by atoms with Gasteiger partial charge in [-0.1, -0.05) is 121 Å². The van der Waals surface area contributed by atoms with E-state index in [1.54, 1.807) is 0 Å². The van der Waals surface area contributed by atoms with Crippen molar-refractivity contribution in [2.45, 2.75) is 25.2 Å². The van der Waals surface area contributed by atoms with Crippen LogP contribution in [0.1, 0.15) is 30.7 Å². The SMILES string of the molecule is c1ccc(-c2ccc(-c3ccc(Nc4ccccc4-c4ccccc4C4CC5CC4C5)cc3)c3ccccc23)cc1. The Hall–Kier alpha value is -4.62. The molecule has 0 aromatic heterocycles. The summed E-state index contributed by atoms with van der Waals surface area (Å²) in [6.45, 7) is 0. The monoisotopic (exact) mass is 527 g/mol. The third-order valence-corrected chi connectivity index (χ3v) is 9.49. The molecule has 6 aromatic rings. The van der Waals surface area contributed by atoms with E-state index in [0.717, 1.165) is 23.2 Å². The highest BCUT2D eigenvalue weighted by molar-refractivity contribution is 6.05. The van der Waals surface area contributed by atoms with E-state index in [4.69, 9.17) is 0 Å². The van der Waals surface area contributed by atoms with Crippen molar-refractivity contribution >= 4 is 22.1 Å². The highest BCUT2D eigenvalue weighted by Gasteiger charge is 2.45. The number of nitrogens with one attached hydrogen (secondary N) is 1. The number of rotatable bonds is 6. The van der Waals surface area contributed by atoms with E-state index in [-0.39, 0.29) is 0 Å². The molecule has 0 heterocycles. The number of para-hydroxylation sites is 1. The molecule has 0 radical (unpaired) electrons. The van der Waals surface area contributed by atoms with Crippen LogP contribution in [0.25, 0.3) is 44.2 Å². The van der Waals surface area contributed by atoms with Crippen molar-refractivity contribution in [1.82, 2.24) is 0 Å². The maximum Gasteiger partial charge on any atom is 0.0464 e. The standard InChI is InChI=1S/C40H33N/c1-2-10-28(11-3-1)32-22-23-33(35-13-5-4-12-34(32)35)29-18-20-31(21-19-29)41-40-17-9-8-16-38(40)36-14-6-7-15-37(36)39-26-27-24-30(39)25-27/h1-23,27,30,39,41H,24-26H2. The van der Waals surface area contributed by atoms with Crippen LogP contribution < -0.4 is 5.32 Å². The number of anilines is 2. The highest BCUT2D eigenvalue weighted by Crippen LogP contribution is 2.58. The number of benzene rings is 6.